The molecule has 1 atom stereocenters. The van der Waals surface area contributed by atoms with Gasteiger partial charge in [-0.15, -0.1) is 0 Å². The van der Waals surface area contributed by atoms with Crippen LogP contribution in [-0.4, -0.2) is 29.6 Å². The first-order valence-electron chi connectivity index (χ1n) is 7.82. The van der Waals surface area contributed by atoms with Crippen molar-refractivity contribution in [1.29, 1.82) is 0 Å². The highest BCUT2D eigenvalue weighted by atomic mass is 35.5. The van der Waals surface area contributed by atoms with Gasteiger partial charge in [0.1, 0.15) is 0 Å². The maximum atomic E-state index is 12.5. The molecule has 0 N–H and O–H groups in total. The summed E-state index contributed by atoms with van der Waals surface area (Å²) < 4.78 is 0. The molecule has 2 nitrogen and oxygen atoms in total. The first-order chi connectivity index (χ1) is 10.2. The highest BCUT2D eigenvalue weighted by Crippen LogP contribution is 2.38. The van der Waals surface area contributed by atoms with Gasteiger partial charge in [-0.2, -0.15) is 11.8 Å². The van der Waals surface area contributed by atoms with Crippen LogP contribution in [0.2, 0.25) is 5.02 Å². The van der Waals surface area contributed by atoms with Crippen LogP contribution in [-0.2, 0) is 4.79 Å². The minimum absolute atomic E-state index is 0.187. The molecule has 0 bridgehead atoms. The van der Waals surface area contributed by atoms with E-state index < -0.39 is 0 Å². The normalized spacial score (nSPS) is 19.6. The van der Waals surface area contributed by atoms with E-state index in [4.69, 9.17) is 11.6 Å². The van der Waals surface area contributed by atoms with E-state index in [1.807, 2.05) is 30.0 Å². The van der Waals surface area contributed by atoms with Gasteiger partial charge < -0.3 is 4.90 Å². The molecular formula is C17H24ClNOS. The van der Waals surface area contributed by atoms with E-state index in [0.717, 1.165) is 43.1 Å². The highest BCUT2D eigenvalue weighted by Gasteiger charge is 2.26. The Morgan fingerprint density at radius 3 is 2.71 bits per heavy atom. The standard InChI is InChI=1S/C17H24ClNOS/c1-3-13(4-2)17(20)19-10-9-16(21-12-11-19)14-7-5-6-8-15(14)18/h5-8,13,16H,3-4,9-12H2,1-2H3. The molecule has 1 aromatic rings. The predicted molar refractivity (Wildman–Crippen MR) is 91.9 cm³/mol. The molecule has 1 fully saturated rings. The number of carbonyl (C=O) groups excluding carboxylic acids is 1. The van der Waals surface area contributed by atoms with Crippen LogP contribution >= 0.6 is 23.4 Å². The van der Waals surface area contributed by atoms with E-state index in [0.29, 0.717) is 11.2 Å². The molecule has 1 aromatic carbocycles. The monoisotopic (exact) mass is 325 g/mol. The lowest BCUT2D eigenvalue weighted by molar-refractivity contribution is -0.135. The Labute approximate surface area is 137 Å². The van der Waals surface area contributed by atoms with Crippen molar-refractivity contribution in [1.82, 2.24) is 4.90 Å². The molecule has 0 aromatic heterocycles. The Balaban J connectivity index is 2.02. The summed E-state index contributed by atoms with van der Waals surface area (Å²) in [5.74, 6) is 1.51. The van der Waals surface area contributed by atoms with E-state index in [2.05, 4.69) is 24.8 Å². The lowest BCUT2D eigenvalue weighted by Gasteiger charge is -2.24. The molecule has 1 aliphatic heterocycles. The predicted octanol–water partition coefficient (Wildman–Crippen LogP) is 4.78. The largest absolute Gasteiger partial charge is 0.342 e. The van der Waals surface area contributed by atoms with Gasteiger partial charge in [-0.1, -0.05) is 43.6 Å². The highest BCUT2D eigenvalue weighted by molar-refractivity contribution is 7.99. The quantitative estimate of drug-likeness (QED) is 0.793. The second-order valence-electron chi connectivity index (χ2n) is 5.51. The number of hydrogen-bond acceptors (Lipinski definition) is 2. The first kappa shape index (κ1) is 16.7. The number of rotatable bonds is 4. The van der Waals surface area contributed by atoms with Gasteiger partial charge in [-0.3, -0.25) is 4.79 Å². The third-order valence-electron chi connectivity index (χ3n) is 4.24. The topological polar surface area (TPSA) is 20.3 Å². The Kier molecular flexibility index (Phi) is 6.43. The molecule has 0 radical (unpaired) electrons. The Hall–Kier alpha value is -0.670. The van der Waals surface area contributed by atoms with Gasteiger partial charge in [-0.25, -0.2) is 0 Å². The number of halogens is 1. The summed E-state index contributed by atoms with van der Waals surface area (Å²) in [5, 5.41) is 1.24. The molecule has 0 saturated carbocycles. The SMILES string of the molecule is CCC(CC)C(=O)N1CCSC(c2ccccc2Cl)CC1. The summed E-state index contributed by atoms with van der Waals surface area (Å²) in [5.41, 5.74) is 1.21. The fourth-order valence-electron chi connectivity index (χ4n) is 2.87. The van der Waals surface area contributed by atoms with Gasteiger partial charge in [0.25, 0.3) is 0 Å². The van der Waals surface area contributed by atoms with Crippen LogP contribution in [0, 0.1) is 5.92 Å². The van der Waals surface area contributed by atoms with Gasteiger partial charge >= 0.3 is 0 Å². The molecule has 4 heteroatoms. The van der Waals surface area contributed by atoms with Crippen molar-refractivity contribution in [2.24, 2.45) is 5.92 Å². The third-order valence-corrected chi connectivity index (χ3v) is 5.89. The molecule has 1 amide bonds. The van der Waals surface area contributed by atoms with E-state index in [9.17, 15) is 4.79 Å². The van der Waals surface area contributed by atoms with Gasteiger partial charge in [0, 0.05) is 35.0 Å². The Morgan fingerprint density at radius 2 is 2.05 bits per heavy atom. The van der Waals surface area contributed by atoms with Gasteiger partial charge in [0.15, 0.2) is 0 Å². The number of hydrogen-bond donors (Lipinski definition) is 0. The minimum atomic E-state index is 0.187. The summed E-state index contributed by atoms with van der Waals surface area (Å²) in [7, 11) is 0. The maximum Gasteiger partial charge on any atom is 0.225 e. The molecule has 1 aliphatic rings. The fraction of sp³-hybridized carbons (Fsp3) is 0.588. The zero-order chi connectivity index (χ0) is 15.2. The van der Waals surface area contributed by atoms with Crippen LogP contribution in [0.5, 0.6) is 0 Å². The fourth-order valence-corrected chi connectivity index (χ4v) is 4.47. The van der Waals surface area contributed by atoms with Crippen molar-refractivity contribution in [3.8, 4) is 0 Å². The Morgan fingerprint density at radius 1 is 1.33 bits per heavy atom. The van der Waals surface area contributed by atoms with E-state index in [-0.39, 0.29) is 5.92 Å². The Bertz CT molecular complexity index is 476. The van der Waals surface area contributed by atoms with Gasteiger partial charge in [-0.05, 0) is 30.9 Å². The lowest BCUT2D eigenvalue weighted by atomic mass is 10.0. The van der Waals surface area contributed by atoms with Crippen molar-refractivity contribution in [2.45, 2.75) is 38.4 Å². The molecule has 1 unspecified atom stereocenters. The van der Waals surface area contributed by atoms with Crippen LogP contribution in [0.3, 0.4) is 0 Å². The van der Waals surface area contributed by atoms with Gasteiger partial charge in [0.05, 0.1) is 0 Å². The number of benzene rings is 1. The minimum Gasteiger partial charge on any atom is -0.342 e. The van der Waals surface area contributed by atoms with Gasteiger partial charge in [0.2, 0.25) is 5.91 Å². The summed E-state index contributed by atoms with van der Waals surface area (Å²) in [6, 6.07) is 8.07. The lowest BCUT2D eigenvalue weighted by Crippen LogP contribution is -2.37. The summed E-state index contributed by atoms with van der Waals surface area (Å²) in [6.07, 6.45) is 2.86. The second-order valence-corrected chi connectivity index (χ2v) is 7.23. The summed E-state index contributed by atoms with van der Waals surface area (Å²) >= 11 is 8.23. The number of amides is 1. The molecule has 116 valence electrons. The number of carbonyl (C=O) groups is 1. The van der Waals surface area contributed by atoms with Crippen molar-refractivity contribution in [3.05, 3.63) is 34.9 Å². The van der Waals surface area contributed by atoms with Crippen LogP contribution in [0.15, 0.2) is 24.3 Å². The number of thioether (sulfide) groups is 1. The zero-order valence-electron chi connectivity index (χ0n) is 12.8. The third kappa shape index (κ3) is 4.17. The summed E-state index contributed by atoms with van der Waals surface area (Å²) in [4.78, 5) is 14.6. The second kappa shape index (κ2) is 8.09. The van der Waals surface area contributed by atoms with Crippen molar-refractivity contribution >= 4 is 29.3 Å². The average molecular weight is 326 g/mol. The van der Waals surface area contributed by atoms with E-state index >= 15 is 0 Å². The van der Waals surface area contributed by atoms with Crippen LogP contribution < -0.4 is 0 Å². The zero-order valence-corrected chi connectivity index (χ0v) is 14.4. The average Bonchev–Trinajstić information content (AvgIpc) is 2.75. The first-order valence-corrected chi connectivity index (χ1v) is 9.24. The molecule has 2 rings (SSSR count). The smallest absolute Gasteiger partial charge is 0.225 e. The van der Waals surface area contributed by atoms with E-state index in [1.165, 1.54) is 5.56 Å². The summed E-state index contributed by atoms with van der Waals surface area (Å²) in [6.45, 7) is 5.91. The van der Waals surface area contributed by atoms with Crippen molar-refractivity contribution < 1.29 is 4.79 Å². The van der Waals surface area contributed by atoms with Crippen LogP contribution in [0.4, 0.5) is 0 Å². The molecular weight excluding hydrogens is 302 g/mol. The molecule has 1 saturated heterocycles. The van der Waals surface area contributed by atoms with Crippen molar-refractivity contribution in [3.63, 3.8) is 0 Å². The molecule has 0 spiro atoms. The molecule has 21 heavy (non-hydrogen) atoms. The molecule has 1 heterocycles. The maximum absolute atomic E-state index is 12.5. The van der Waals surface area contributed by atoms with E-state index in [1.54, 1.807) is 0 Å². The molecule has 0 aliphatic carbocycles. The van der Waals surface area contributed by atoms with Crippen molar-refractivity contribution in [2.75, 3.05) is 18.8 Å². The van der Waals surface area contributed by atoms with Crippen LogP contribution in [0.25, 0.3) is 0 Å². The number of nitrogens with zero attached hydrogens (tertiary/aromatic N) is 1. The van der Waals surface area contributed by atoms with Crippen LogP contribution in [0.1, 0.15) is 43.9 Å².